The summed E-state index contributed by atoms with van der Waals surface area (Å²) in [5.74, 6) is 0. The molecule has 9 rings (SSSR count). The molecule has 2 nitrogen and oxygen atoms in total. The van der Waals surface area contributed by atoms with Crippen molar-refractivity contribution >= 4 is 66.5 Å². The molecule has 1 heterocycles. The number of hydrogen-bond acceptors (Lipinski definition) is 2. The Labute approximate surface area is 272 Å². The zero-order valence-electron chi connectivity index (χ0n) is 25.5. The molecule has 0 atom stereocenters. The van der Waals surface area contributed by atoms with Crippen LogP contribution < -0.4 is 15.9 Å². The van der Waals surface area contributed by atoms with Gasteiger partial charge in [0.2, 0.25) is 0 Å². The molecule has 222 valence electrons. The van der Waals surface area contributed by atoms with E-state index < -0.39 is 7.14 Å². The Kier molecular flexibility index (Phi) is 6.45. The topological polar surface area (TPSA) is 30.2 Å². The van der Waals surface area contributed by atoms with Crippen LogP contribution in [-0.4, -0.2) is 0 Å². The molecule has 0 bridgehead atoms. The van der Waals surface area contributed by atoms with E-state index in [9.17, 15) is 0 Å². The lowest BCUT2D eigenvalue weighted by molar-refractivity contribution is 0.592. The van der Waals surface area contributed by atoms with Crippen LogP contribution >= 0.6 is 7.14 Å². The lowest BCUT2D eigenvalue weighted by Gasteiger charge is -2.20. The molecule has 0 unspecified atom stereocenters. The Morgan fingerprint density at radius 1 is 0.404 bits per heavy atom. The predicted molar refractivity (Wildman–Crippen MR) is 199 cm³/mol. The average Bonchev–Trinajstić information content (AvgIpc) is 3.53. The zero-order chi connectivity index (χ0) is 31.4. The first-order valence-corrected chi connectivity index (χ1v) is 17.6. The molecule has 3 heteroatoms. The summed E-state index contributed by atoms with van der Waals surface area (Å²) in [5.41, 5.74) is 5.92. The van der Waals surface area contributed by atoms with Gasteiger partial charge in [-0.3, -0.25) is 0 Å². The van der Waals surface area contributed by atoms with Crippen LogP contribution in [0.2, 0.25) is 0 Å². The second-order valence-corrected chi connectivity index (χ2v) is 14.7. The summed E-state index contributed by atoms with van der Waals surface area (Å²) in [6, 6.07) is 60.2. The lowest BCUT2D eigenvalue weighted by atomic mass is 9.90. The monoisotopic (exact) mass is 620 g/mol. The van der Waals surface area contributed by atoms with Crippen molar-refractivity contribution in [3.8, 4) is 22.3 Å². The van der Waals surface area contributed by atoms with Gasteiger partial charge in [-0.1, -0.05) is 158 Å². The lowest BCUT2D eigenvalue weighted by Crippen LogP contribution is -2.25. The van der Waals surface area contributed by atoms with Crippen molar-refractivity contribution < 1.29 is 8.98 Å². The van der Waals surface area contributed by atoms with E-state index in [0.717, 1.165) is 43.7 Å². The van der Waals surface area contributed by atoms with Gasteiger partial charge >= 0.3 is 0 Å². The highest BCUT2D eigenvalue weighted by molar-refractivity contribution is 7.85. The van der Waals surface area contributed by atoms with Gasteiger partial charge in [0.1, 0.15) is 11.2 Å². The molecule has 0 N–H and O–H groups in total. The Bertz CT molecular complexity index is 2560. The number of para-hydroxylation sites is 2. The highest BCUT2D eigenvalue weighted by atomic mass is 31.2. The van der Waals surface area contributed by atoms with Crippen molar-refractivity contribution in [3.05, 3.63) is 176 Å². The normalized spacial score (nSPS) is 11.9. The van der Waals surface area contributed by atoms with Gasteiger partial charge in [-0.15, -0.1) is 0 Å². The third-order valence-electron chi connectivity index (χ3n) is 9.32. The van der Waals surface area contributed by atoms with E-state index in [1.54, 1.807) is 0 Å². The molecule has 0 spiro atoms. The molecule has 0 aliphatic rings. The molecule has 0 aliphatic carbocycles. The fourth-order valence-corrected chi connectivity index (χ4v) is 9.94. The molecule has 0 saturated heterocycles. The van der Waals surface area contributed by atoms with Crippen LogP contribution in [-0.2, 0) is 4.57 Å². The molecule has 0 aliphatic heterocycles. The van der Waals surface area contributed by atoms with E-state index in [-0.39, 0.29) is 0 Å². The Morgan fingerprint density at radius 2 is 0.915 bits per heavy atom. The van der Waals surface area contributed by atoms with Crippen LogP contribution in [0.4, 0.5) is 0 Å². The second kappa shape index (κ2) is 11.0. The molecule has 0 fully saturated rings. The largest absolute Gasteiger partial charge is 0.455 e. The molecule has 0 saturated carbocycles. The van der Waals surface area contributed by atoms with E-state index in [1.807, 2.05) is 72.8 Å². The summed E-state index contributed by atoms with van der Waals surface area (Å²) in [6.45, 7) is 0. The molecule has 47 heavy (non-hydrogen) atoms. The van der Waals surface area contributed by atoms with E-state index in [1.165, 1.54) is 27.1 Å². The molecular formula is C44H29O2P. The maximum absolute atomic E-state index is 15.4. The summed E-state index contributed by atoms with van der Waals surface area (Å²) >= 11 is 0. The van der Waals surface area contributed by atoms with E-state index in [2.05, 4.69) is 103 Å². The van der Waals surface area contributed by atoms with Gasteiger partial charge < -0.3 is 8.98 Å². The summed E-state index contributed by atoms with van der Waals surface area (Å²) in [7, 11) is -3.25. The first-order valence-electron chi connectivity index (χ1n) is 15.9. The van der Waals surface area contributed by atoms with Crippen molar-refractivity contribution in [2.24, 2.45) is 0 Å². The smallest absolute Gasteiger partial charge is 0.174 e. The first kappa shape index (κ1) is 27.6. The Morgan fingerprint density at radius 3 is 1.57 bits per heavy atom. The minimum Gasteiger partial charge on any atom is -0.455 e. The molecule has 0 amide bonds. The SMILES string of the molecule is O=P(c1ccccc1)(c1ccccc1)c1cccc2c1oc1c(-c3cccc(-c4c5ccccc5cc5ccccc45)c3)cccc12. The number of benzene rings is 8. The molecule has 9 aromatic rings. The molecule has 0 radical (unpaired) electrons. The highest BCUT2D eigenvalue weighted by Gasteiger charge is 2.33. The van der Waals surface area contributed by atoms with Crippen molar-refractivity contribution in [1.82, 2.24) is 0 Å². The molecular weight excluding hydrogens is 591 g/mol. The standard InChI is InChI=1S/C44H29O2P/c45-47(34-18-3-1-4-19-34,35-20-5-2-6-21-35)41-27-13-26-40-39-25-12-24-38(43(39)46-44(40)41)32-16-11-17-33(29-32)42-36-22-9-7-14-30(36)28-31-15-8-10-23-37(31)42/h1-29H. The van der Waals surface area contributed by atoms with Gasteiger partial charge in [0, 0.05) is 26.9 Å². The van der Waals surface area contributed by atoms with E-state index in [4.69, 9.17) is 4.42 Å². The molecule has 8 aromatic carbocycles. The van der Waals surface area contributed by atoms with Gasteiger partial charge in [-0.25, -0.2) is 0 Å². The number of fused-ring (bicyclic) bond motifs is 5. The van der Waals surface area contributed by atoms with Crippen LogP contribution in [0.3, 0.4) is 0 Å². The van der Waals surface area contributed by atoms with Gasteiger partial charge in [0.15, 0.2) is 7.14 Å². The second-order valence-electron chi connectivity index (χ2n) is 12.0. The predicted octanol–water partition coefficient (Wildman–Crippen LogP) is 10.9. The maximum atomic E-state index is 15.4. The summed E-state index contributed by atoms with van der Waals surface area (Å²) in [6.07, 6.45) is 0. The van der Waals surface area contributed by atoms with Crippen LogP contribution in [0.15, 0.2) is 180 Å². The Balaban J connectivity index is 1.28. The van der Waals surface area contributed by atoms with Crippen LogP contribution in [0.5, 0.6) is 0 Å². The first-order chi connectivity index (χ1) is 23.2. The summed E-state index contributed by atoms with van der Waals surface area (Å²) in [4.78, 5) is 0. The number of hydrogen-bond donors (Lipinski definition) is 0. The third-order valence-corrected chi connectivity index (χ3v) is 12.4. The van der Waals surface area contributed by atoms with Crippen molar-refractivity contribution in [3.63, 3.8) is 0 Å². The van der Waals surface area contributed by atoms with Crippen LogP contribution in [0.1, 0.15) is 0 Å². The minimum atomic E-state index is -3.25. The highest BCUT2D eigenvalue weighted by Crippen LogP contribution is 2.47. The number of rotatable bonds is 5. The average molecular weight is 621 g/mol. The van der Waals surface area contributed by atoms with E-state index >= 15 is 4.57 Å². The summed E-state index contributed by atoms with van der Waals surface area (Å²) < 4.78 is 22.3. The van der Waals surface area contributed by atoms with Gasteiger partial charge in [0.25, 0.3) is 0 Å². The van der Waals surface area contributed by atoms with Crippen molar-refractivity contribution in [1.29, 1.82) is 0 Å². The van der Waals surface area contributed by atoms with Crippen molar-refractivity contribution in [2.45, 2.75) is 0 Å². The van der Waals surface area contributed by atoms with Gasteiger partial charge in [0.05, 0.1) is 5.30 Å². The quantitative estimate of drug-likeness (QED) is 0.142. The van der Waals surface area contributed by atoms with Gasteiger partial charge in [-0.05, 0) is 56.4 Å². The zero-order valence-corrected chi connectivity index (χ0v) is 26.4. The van der Waals surface area contributed by atoms with Crippen LogP contribution in [0.25, 0.3) is 65.7 Å². The van der Waals surface area contributed by atoms with E-state index in [0.29, 0.717) is 10.9 Å². The van der Waals surface area contributed by atoms with Gasteiger partial charge in [-0.2, -0.15) is 0 Å². The van der Waals surface area contributed by atoms with Crippen molar-refractivity contribution in [2.75, 3.05) is 0 Å². The minimum absolute atomic E-state index is 0.669. The fourth-order valence-electron chi connectivity index (χ4n) is 7.15. The van der Waals surface area contributed by atoms with Crippen LogP contribution in [0, 0.1) is 0 Å². The number of furan rings is 1. The Hall–Kier alpha value is -5.69. The fraction of sp³-hybridized carbons (Fsp3) is 0. The maximum Gasteiger partial charge on any atom is 0.174 e. The molecule has 1 aromatic heterocycles. The third kappa shape index (κ3) is 4.37. The summed E-state index contributed by atoms with van der Waals surface area (Å²) in [5, 5.41) is 9.16.